The minimum absolute atomic E-state index is 0.241. The molecule has 1 atom stereocenters. The van der Waals surface area contributed by atoms with Crippen molar-refractivity contribution >= 4 is 23.6 Å². The maximum atomic E-state index is 13.8. The lowest BCUT2D eigenvalue weighted by Gasteiger charge is -2.04. The van der Waals surface area contributed by atoms with Crippen molar-refractivity contribution in [2.24, 2.45) is 0 Å². The van der Waals surface area contributed by atoms with Crippen LogP contribution in [0.5, 0.6) is 5.75 Å². The van der Waals surface area contributed by atoms with Gasteiger partial charge in [0.2, 0.25) is 0 Å². The molecule has 96 valence electrons. The summed E-state index contributed by atoms with van der Waals surface area (Å²) in [6.07, 6.45) is 0. The summed E-state index contributed by atoms with van der Waals surface area (Å²) in [5, 5.41) is -2.98. The molecule has 0 saturated carbocycles. The SMILES string of the molecule is COc1ccc([S+](F)(=C(F)F)S(=O)(=O)O)cc1. The first kappa shape index (κ1) is 14.0. The normalized spacial score (nSPS) is 15.1. The molecule has 0 fully saturated rings. The molecular weight excluding hydrogens is 281 g/mol. The molecule has 9 heteroatoms. The monoisotopic (exact) mass is 289 g/mol. The molecule has 0 aliphatic carbocycles. The van der Waals surface area contributed by atoms with Crippen LogP contribution in [-0.4, -0.2) is 25.5 Å². The highest BCUT2D eigenvalue weighted by Gasteiger charge is 2.49. The fourth-order valence-electron chi connectivity index (χ4n) is 1.04. The van der Waals surface area contributed by atoms with Gasteiger partial charge in [-0.1, -0.05) is 0 Å². The predicted molar refractivity (Wildman–Crippen MR) is 58.5 cm³/mol. The Kier molecular flexibility index (Phi) is 3.84. The zero-order valence-electron chi connectivity index (χ0n) is 8.43. The summed E-state index contributed by atoms with van der Waals surface area (Å²) in [4.78, 5) is -0.819. The third-order valence-electron chi connectivity index (χ3n) is 1.85. The van der Waals surface area contributed by atoms with Gasteiger partial charge in [-0.25, -0.2) is 4.55 Å². The Labute approximate surface area is 96.4 Å². The fourth-order valence-corrected chi connectivity index (χ4v) is 3.65. The smallest absolute Gasteiger partial charge is 0.483 e. The lowest BCUT2D eigenvalue weighted by Crippen LogP contribution is -2.22. The van der Waals surface area contributed by atoms with Crippen molar-refractivity contribution in [2.45, 2.75) is 4.90 Å². The maximum Gasteiger partial charge on any atom is 0.483 e. The van der Waals surface area contributed by atoms with E-state index in [4.69, 9.17) is 9.29 Å². The average Bonchev–Trinajstić information content (AvgIpc) is 2.26. The second-order valence-electron chi connectivity index (χ2n) is 2.82. The van der Waals surface area contributed by atoms with Crippen molar-refractivity contribution in [2.75, 3.05) is 7.11 Å². The third kappa shape index (κ3) is 2.45. The Hall–Kier alpha value is -1.06. The second kappa shape index (κ2) is 4.67. The summed E-state index contributed by atoms with van der Waals surface area (Å²) in [5.41, 5.74) is 0. The van der Waals surface area contributed by atoms with Crippen molar-refractivity contribution in [3.8, 4) is 5.75 Å². The van der Waals surface area contributed by atoms with E-state index in [0.717, 1.165) is 24.3 Å². The van der Waals surface area contributed by atoms with E-state index in [9.17, 15) is 21.1 Å². The van der Waals surface area contributed by atoms with Gasteiger partial charge in [0.05, 0.1) is 7.11 Å². The van der Waals surface area contributed by atoms with Crippen LogP contribution in [0.15, 0.2) is 29.2 Å². The van der Waals surface area contributed by atoms with Crippen LogP contribution in [0, 0.1) is 0 Å². The van der Waals surface area contributed by atoms with E-state index in [1.165, 1.54) is 7.11 Å². The van der Waals surface area contributed by atoms with Gasteiger partial charge in [0, 0.05) is 3.89 Å². The van der Waals surface area contributed by atoms with Gasteiger partial charge in [-0.3, -0.25) is 0 Å². The summed E-state index contributed by atoms with van der Waals surface area (Å²) in [6.45, 7) is 0. The van der Waals surface area contributed by atoms with Gasteiger partial charge in [-0.05, 0) is 24.3 Å². The van der Waals surface area contributed by atoms with Crippen LogP contribution < -0.4 is 4.74 Å². The molecule has 4 nitrogen and oxygen atoms in total. The summed E-state index contributed by atoms with van der Waals surface area (Å²) in [7, 11) is -9.47. The standard InChI is InChI=1S/C8H7F3O4S2/c1-15-6-2-4-7(5-3-6)16(11,8(9)10)17(12,13)14/h2-5H,1H3/p+1. The fraction of sp³-hybridized carbons (Fsp3) is 0.125. The van der Waals surface area contributed by atoms with E-state index in [2.05, 4.69) is 0 Å². The molecular formula is C8H8F3O4S2+. The Morgan fingerprint density at radius 1 is 1.29 bits per heavy atom. The van der Waals surface area contributed by atoms with Crippen LogP contribution in [0.2, 0.25) is 0 Å². The molecule has 0 radical (unpaired) electrons. The number of methoxy groups -OCH3 is 1. The van der Waals surface area contributed by atoms with Gasteiger partial charge < -0.3 is 4.74 Å². The van der Waals surface area contributed by atoms with Crippen LogP contribution in [0.4, 0.5) is 12.7 Å². The number of ether oxygens (including phenoxy) is 1. The molecule has 1 rings (SSSR count). The van der Waals surface area contributed by atoms with Gasteiger partial charge in [0.15, 0.2) is 4.90 Å². The lowest BCUT2D eigenvalue weighted by atomic mass is 10.3. The topological polar surface area (TPSA) is 63.6 Å². The number of hydrogen-bond donors (Lipinski definition) is 1. The molecule has 0 bridgehead atoms. The Balaban J connectivity index is 3.52. The Morgan fingerprint density at radius 2 is 1.76 bits per heavy atom. The first-order chi connectivity index (χ1) is 7.73. The van der Waals surface area contributed by atoms with Gasteiger partial charge in [0.1, 0.15) is 5.75 Å². The van der Waals surface area contributed by atoms with Gasteiger partial charge >= 0.3 is 14.5 Å². The van der Waals surface area contributed by atoms with E-state index in [-0.39, 0.29) is 5.75 Å². The van der Waals surface area contributed by atoms with E-state index >= 15 is 0 Å². The Bertz CT molecular complexity index is 561. The minimum atomic E-state index is -5.55. The first-order valence-electron chi connectivity index (χ1n) is 4.06. The highest BCUT2D eigenvalue weighted by Crippen LogP contribution is 2.31. The quantitative estimate of drug-likeness (QED) is 0.303. The van der Waals surface area contributed by atoms with Crippen molar-refractivity contribution < 1.29 is 30.4 Å². The average molecular weight is 289 g/mol. The molecule has 1 aromatic rings. The summed E-state index contributed by atoms with van der Waals surface area (Å²) in [5.74, 6) is 0.241. The van der Waals surface area contributed by atoms with Crippen LogP contribution in [0.3, 0.4) is 0 Å². The predicted octanol–water partition coefficient (Wildman–Crippen LogP) is 1.92. The molecule has 1 N–H and O–H groups in total. The number of rotatable bonds is 3. The minimum Gasteiger partial charge on any atom is -0.497 e. The molecule has 0 aliphatic heterocycles. The van der Waals surface area contributed by atoms with Crippen molar-refractivity contribution in [3.63, 3.8) is 0 Å². The number of hydrogen-bond acceptors (Lipinski definition) is 3. The highest BCUT2D eigenvalue weighted by molar-refractivity contribution is 8.72. The summed E-state index contributed by atoms with van der Waals surface area (Å²) >= 11 is 0. The van der Waals surface area contributed by atoms with Gasteiger partial charge in [-0.15, -0.1) is 8.78 Å². The molecule has 0 aliphatic rings. The van der Waals surface area contributed by atoms with E-state index < -0.39 is 28.5 Å². The van der Waals surface area contributed by atoms with Crippen LogP contribution in [-0.2, 0) is 18.2 Å². The molecule has 0 spiro atoms. The van der Waals surface area contributed by atoms with Crippen LogP contribution in [0.25, 0.3) is 0 Å². The second-order valence-corrected chi connectivity index (χ2v) is 8.06. The number of halogens is 3. The first-order valence-corrected chi connectivity index (χ1v) is 7.55. The Morgan fingerprint density at radius 3 is 2.06 bits per heavy atom. The summed E-state index contributed by atoms with van der Waals surface area (Å²) in [6, 6.07) is 3.87. The molecule has 0 aromatic heterocycles. The zero-order chi connectivity index (χ0) is 13.3. The highest BCUT2D eigenvalue weighted by atomic mass is 33.2. The van der Waals surface area contributed by atoms with Crippen LogP contribution in [0.1, 0.15) is 0 Å². The van der Waals surface area contributed by atoms with Gasteiger partial charge in [-0.2, -0.15) is 8.42 Å². The molecule has 0 saturated heterocycles. The van der Waals surface area contributed by atoms with Gasteiger partial charge in [0.25, 0.3) is 9.04 Å². The van der Waals surface area contributed by atoms with E-state index in [0.29, 0.717) is 0 Å². The molecule has 17 heavy (non-hydrogen) atoms. The third-order valence-corrected chi connectivity index (χ3v) is 6.40. The maximum absolute atomic E-state index is 13.8. The van der Waals surface area contributed by atoms with E-state index in [1.807, 2.05) is 0 Å². The lowest BCUT2D eigenvalue weighted by molar-refractivity contribution is 0.414. The largest absolute Gasteiger partial charge is 0.497 e. The molecule has 0 amide bonds. The molecule has 1 unspecified atom stereocenters. The summed E-state index contributed by atoms with van der Waals surface area (Å²) < 4.78 is 73.5. The molecule has 0 heterocycles. The van der Waals surface area contributed by atoms with Crippen molar-refractivity contribution in [3.05, 3.63) is 24.3 Å². The number of benzene rings is 1. The molecule has 1 aromatic carbocycles. The van der Waals surface area contributed by atoms with Crippen LogP contribution >= 0.6 is 0 Å². The van der Waals surface area contributed by atoms with Crippen molar-refractivity contribution in [1.29, 1.82) is 0 Å². The van der Waals surface area contributed by atoms with E-state index in [1.54, 1.807) is 0 Å². The zero-order valence-corrected chi connectivity index (χ0v) is 10.1. The van der Waals surface area contributed by atoms with Crippen molar-refractivity contribution in [1.82, 2.24) is 0 Å².